The van der Waals surface area contributed by atoms with E-state index in [1.165, 1.54) is 0 Å². The maximum atomic E-state index is 12.3. The molecule has 0 saturated carbocycles. The van der Waals surface area contributed by atoms with Gasteiger partial charge in [-0.25, -0.2) is 0 Å². The van der Waals surface area contributed by atoms with Gasteiger partial charge in [0.15, 0.2) is 5.78 Å². The quantitative estimate of drug-likeness (QED) is 0.749. The summed E-state index contributed by atoms with van der Waals surface area (Å²) in [6.45, 7) is 4.09. The van der Waals surface area contributed by atoms with Crippen LogP contribution in [0.15, 0.2) is 48.7 Å². The highest BCUT2D eigenvalue weighted by Gasteiger charge is 2.15. The first-order valence-corrected chi connectivity index (χ1v) is 5.75. The molecule has 17 heavy (non-hydrogen) atoms. The molecule has 2 heteroatoms. The van der Waals surface area contributed by atoms with Gasteiger partial charge in [0.2, 0.25) is 0 Å². The van der Waals surface area contributed by atoms with Gasteiger partial charge in [-0.05, 0) is 18.1 Å². The van der Waals surface area contributed by atoms with Crippen LogP contribution in [-0.4, -0.2) is 10.8 Å². The summed E-state index contributed by atoms with van der Waals surface area (Å²) >= 11 is 0. The Kier molecular flexibility index (Phi) is 3.33. The molecule has 2 aromatic rings. The minimum absolute atomic E-state index is 0.0439. The lowest BCUT2D eigenvalue weighted by Gasteiger charge is -2.10. The van der Waals surface area contributed by atoms with Gasteiger partial charge in [-0.3, -0.25) is 9.78 Å². The van der Waals surface area contributed by atoms with Crippen LogP contribution in [0, 0.1) is 0 Å². The van der Waals surface area contributed by atoms with Crippen molar-refractivity contribution in [3.8, 4) is 0 Å². The Bertz CT molecular complexity index is 517. The van der Waals surface area contributed by atoms with E-state index in [0.29, 0.717) is 11.1 Å². The van der Waals surface area contributed by atoms with E-state index < -0.39 is 0 Å². The van der Waals surface area contributed by atoms with Gasteiger partial charge in [-0.15, -0.1) is 0 Å². The number of benzene rings is 1. The van der Waals surface area contributed by atoms with Crippen molar-refractivity contribution >= 4 is 5.78 Å². The predicted octanol–water partition coefficient (Wildman–Crippen LogP) is 3.44. The van der Waals surface area contributed by atoms with Gasteiger partial charge < -0.3 is 0 Å². The lowest BCUT2D eigenvalue weighted by molar-refractivity contribution is 0.103. The maximum Gasteiger partial charge on any atom is 0.194 e. The van der Waals surface area contributed by atoms with E-state index in [0.717, 1.165) is 5.69 Å². The molecule has 2 nitrogen and oxygen atoms in total. The van der Waals surface area contributed by atoms with E-state index in [1.807, 2.05) is 56.3 Å². The number of rotatable bonds is 3. The second kappa shape index (κ2) is 4.91. The van der Waals surface area contributed by atoms with Crippen LogP contribution in [-0.2, 0) is 0 Å². The number of nitrogens with zero attached hydrogens (tertiary/aromatic N) is 1. The average molecular weight is 225 g/mol. The van der Waals surface area contributed by atoms with Gasteiger partial charge in [0, 0.05) is 17.3 Å². The van der Waals surface area contributed by atoms with Crippen molar-refractivity contribution < 1.29 is 4.79 Å². The van der Waals surface area contributed by atoms with Crippen LogP contribution >= 0.6 is 0 Å². The zero-order chi connectivity index (χ0) is 12.3. The fourth-order valence-corrected chi connectivity index (χ4v) is 1.81. The standard InChI is InChI=1S/C15H15NO/c1-11(2)14-13(9-6-10-16-14)15(17)12-7-4-3-5-8-12/h3-11H,1-2H3. The average Bonchev–Trinajstić information content (AvgIpc) is 2.39. The Morgan fingerprint density at radius 2 is 1.76 bits per heavy atom. The van der Waals surface area contributed by atoms with Crippen molar-refractivity contribution in [1.82, 2.24) is 4.98 Å². The summed E-state index contributed by atoms with van der Waals surface area (Å²) in [7, 11) is 0. The van der Waals surface area contributed by atoms with Gasteiger partial charge in [0.25, 0.3) is 0 Å². The molecule has 1 aromatic heterocycles. The van der Waals surface area contributed by atoms with Gasteiger partial charge >= 0.3 is 0 Å². The minimum Gasteiger partial charge on any atom is -0.289 e. The number of carbonyl (C=O) groups excluding carboxylic acids is 1. The third-order valence-electron chi connectivity index (χ3n) is 2.67. The molecule has 0 saturated heterocycles. The Labute approximate surface area is 101 Å². The minimum atomic E-state index is 0.0439. The largest absolute Gasteiger partial charge is 0.289 e. The third kappa shape index (κ3) is 2.41. The summed E-state index contributed by atoms with van der Waals surface area (Å²) in [6.07, 6.45) is 1.73. The molecule has 0 aliphatic rings. The summed E-state index contributed by atoms with van der Waals surface area (Å²) in [5.74, 6) is 0.293. The molecule has 0 radical (unpaired) electrons. The molecule has 1 aromatic carbocycles. The number of hydrogen-bond donors (Lipinski definition) is 0. The van der Waals surface area contributed by atoms with Crippen LogP contribution in [0.1, 0.15) is 41.4 Å². The topological polar surface area (TPSA) is 30.0 Å². The van der Waals surface area contributed by atoms with Gasteiger partial charge in [-0.2, -0.15) is 0 Å². The van der Waals surface area contributed by atoms with Gasteiger partial charge in [0.1, 0.15) is 0 Å². The second-order valence-electron chi connectivity index (χ2n) is 4.29. The fourth-order valence-electron chi connectivity index (χ4n) is 1.81. The molecular weight excluding hydrogens is 210 g/mol. The molecular formula is C15H15NO. The highest BCUT2D eigenvalue weighted by molar-refractivity contribution is 6.09. The van der Waals surface area contributed by atoms with Crippen LogP contribution in [0.3, 0.4) is 0 Å². The Balaban J connectivity index is 2.45. The van der Waals surface area contributed by atoms with Crippen molar-refractivity contribution in [2.45, 2.75) is 19.8 Å². The van der Waals surface area contributed by atoms with Crippen molar-refractivity contribution in [2.75, 3.05) is 0 Å². The summed E-state index contributed by atoms with van der Waals surface area (Å²) in [4.78, 5) is 16.6. The summed E-state index contributed by atoms with van der Waals surface area (Å²) in [5, 5.41) is 0. The lowest BCUT2D eigenvalue weighted by atomic mass is 9.97. The molecule has 0 aliphatic carbocycles. The van der Waals surface area contributed by atoms with Crippen LogP contribution < -0.4 is 0 Å². The number of hydrogen-bond acceptors (Lipinski definition) is 2. The second-order valence-corrected chi connectivity index (χ2v) is 4.29. The molecule has 1 heterocycles. The molecule has 0 spiro atoms. The highest BCUT2D eigenvalue weighted by Crippen LogP contribution is 2.19. The molecule has 0 N–H and O–H groups in total. The van der Waals surface area contributed by atoms with Gasteiger partial charge in [0.05, 0.1) is 5.69 Å². The summed E-state index contributed by atoms with van der Waals surface area (Å²) < 4.78 is 0. The normalized spacial score (nSPS) is 10.5. The Hall–Kier alpha value is -1.96. The first-order valence-electron chi connectivity index (χ1n) is 5.75. The fraction of sp³-hybridized carbons (Fsp3) is 0.200. The van der Waals surface area contributed by atoms with Crippen molar-refractivity contribution in [2.24, 2.45) is 0 Å². The van der Waals surface area contributed by atoms with Crippen molar-refractivity contribution in [3.05, 3.63) is 65.5 Å². The number of aromatic nitrogens is 1. The van der Waals surface area contributed by atoms with Crippen molar-refractivity contribution in [1.29, 1.82) is 0 Å². The van der Waals surface area contributed by atoms with Gasteiger partial charge in [-0.1, -0.05) is 44.2 Å². The molecule has 0 aliphatic heterocycles. The van der Waals surface area contributed by atoms with Crippen LogP contribution in [0.25, 0.3) is 0 Å². The first-order chi connectivity index (χ1) is 8.20. The summed E-state index contributed by atoms with van der Waals surface area (Å²) in [6, 6.07) is 13.0. The number of ketones is 1. The van der Waals surface area contributed by atoms with E-state index in [2.05, 4.69) is 4.98 Å². The first kappa shape index (κ1) is 11.5. The van der Waals surface area contributed by atoms with Crippen LogP contribution in [0.5, 0.6) is 0 Å². The van der Waals surface area contributed by atoms with Crippen molar-refractivity contribution in [3.63, 3.8) is 0 Å². The van der Waals surface area contributed by atoms with E-state index in [-0.39, 0.29) is 11.7 Å². The third-order valence-corrected chi connectivity index (χ3v) is 2.67. The predicted molar refractivity (Wildman–Crippen MR) is 68.2 cm³/mol. The van der Waals surface area contributed by atoms with Crippen LogP contribution in [0.2, 0.25) is 0 Å². The zero-order valence-corrected chi connectivity index (χ0v) is 10.1. The Morgan fingerprint density at radius 1 is 1.06 bits per heavy atom. The SMILES string of the molecule is CC(C)c1ncccc1C(=O)c1ccccc1. The van der Waals surface area contributed by atoms with E-state index in [9.17, 15) is 4.79 Å². The zero-order valence-electron chi connectivity index (χ0n) is 10.1. The van der Waals surface area contributed by atoms with E-state index in [4.69, 9.17) is 0 Å². The molecule has 86 valence electrons. The monoisotopic (exact) mass is 225 g/mol. The molecule has 0 atom stereocenters. The number of carbonyl (C=O) groups is 1. The van der Waals surface area contributed by atoms with Crippen LogP contribution in [0.4, 0.5) is 0 Å². The molecule has 0 fully saturated rings. The highest BCUT2D eigenvalue weighted by atomic mass is 16.1. The molecule has 2 rings (SSSR count). The smallest absolute Gasteiger partial charge is 0.194 e. The Morgan fingerprint density at radius 3 is 2.41 bits per heavy atom. The molecule has 0 amide bonds. The summed E-state index contributed by atoms with van der Waals surface area (Å²) in [5.41, 5.74) is 2.28. The maximum absolute atomic E-state index is 12.3. The van der Waals surface area contributed by atoms with E-state index in [1.54, 1.807) is 6.20 Å². The molecule has 0 bridgehead atoms. The lowest BCUT2D eigenvalue weighted by Crippen LogP contribution is -2.08. The van der Waals surface area contributed by atoms with E-state index >= 15 is 0 Å². The number of pyridine rings is 1. The molecule has 0 unspecified atom stereocenters.